The van der Waals surface area contributed by atoms with Gasteiger partial charge >= 0.3 is 0 Å². The van der Waals surface area contributed by atoms with Crippen molar-refractivity contribution in [1.29, 1.82) is 0 Å². The molecule has 2 aromatic carbocycles. The van der Waals surface area contributed by atoms with E-state index < -0.39 is 11.7 Å². The topological polar surface area (TPSA) is 67.9 Å². The third-order valence-corrected chi connectivity index (χ3v) is 3.74. The van der Waals surface area contributed by atoms with E-state index in [2.05, 4.69) is 5.32 Å². The molecule has 0 spiro atoms. The van der Waals surface area contributed by atoms with Crippen molar-refractivity contribution in [2.24, 2.45) is 0 Å². The summed E-state index contributed by atoms with van der Waals surface area (Å²) in [6.07, 6.45) is 2.55. The zero-order valence-corrected chi connectivity index (χ0v) is 15.6. The van der Waals surface area contributed by atoms with Crippen LogP contribution < -0.4 is 14.8 Å². The van der Waals surface area contributed by atoms with Crippen LogP contribution in [0.1, 0.15) is 15.9 Å². The van der Waals surface area contributed by atoms with Gasteiger partial charge in [-0.2, -0.15) is 0 Å². The van der Waals surface area contributed by atoms with Crippen LogP contribution in [0.3, 0.4) is 0 Å². The molecule has 0 aliphatic rings. The van der Waals surface area contributed by atoms with Gasteiger partial charge in [0.25, 0.3) is 5.91 Å². The maximum absolute atomic E-state index is 13.6. The van der Waals surface area contributed by atoms with Crippen LogP contribution >= 0.6 is 0 Å². The first-order valence-corrected chi connectivity index (χ1v) is 8.08. The lowest BCUT2D eigenvalue weighted by molar-refractivity contribution is -0.111. The smallest absolute Gasteiger partial charge is 0.255 e. The van der Waals surface area contributed by atoms with Gasteiger partial charge in [0.15, 0.2) is 11.5 Å². The molecule has 0 aliphatic heterocycles. The fraction of sp³-hybridized carbons (Fsp3) is 0.200. The average Bonchev–Trinajstić information content (AvgIpc) is 2.66. The summed E-state index contributed by atoms with van der Waals surface area (Å²) in [6.45, 7) is 0. The molecule has 0 aliphatic carbocycles. The van der Waals surface area contributed by atoms with Gasteiger partial charge in [-0.25, -0.2) is 4.39 Å². The molecule has 0 saturated heterocycles. The largest absolute Gasteiger partial charge is 0.493 e. The standard InChI is InChI=1S/C20H21FN2O4/c1-23(2)20(25)14-11-17(26-3)18(27-4)12-16(14)22-19(24)10-9-13-7-5-6-8-15(13)21/h5-12H,1-4H3,(H,22,24)/b10-9+. The summed E-state index contributed by atoms with van der Waals surface area (Å²) in [5.41, 5.74) is 0.782. The van der Waals surface area contributed by atoms with E-state index >= 15 is 0 Å². The van der Waals surface area contributed by atoms with Gasteiger partial charge in [-0.1, -0.05) is 18.2 Å². The summed E-state index contributed by atoms with van der Waals surface area (Å²) in [6, 6.07) is 9.09. The Morgan fingerprint density at radius 1 is 1.07 bits per heavy atom. The van der Waals surface area contributed by atoms with E-state index in [0.29, 0.717) is 11.5 Å². The molecule has 0 radical (unpaired) electrons. The fourth-order valence-corrected chi connectivity index (χ4v) is 2.35. The third kappa shape index (κ3) is 4.84. The van der Waals surface area contributed by atoms with Crippen molar-refractivity contribution in [3.63, 3.8) is 0 Å². The molecule has 2 aromatic rings. The van der Waals surface area contributed by atoms with E-state index in [1.54, 1.807) is 32.3 Å². The normalized spacial score (nSPS) is 10.6. The second-order valence-corrected chi connectivity index (χ2v) is 5.80. The van der Waals surface area contributed by atoms with Crippen molar-refractivity contribution >= 4 is 23.6 Å². The molecule has 2 amide bonds. The summed E-state index contributed by atoms with van der Waals surface area (Å²) < 4.78 is 24.1. The van der Waals surface area contributed by atoms with Crippen molar-refractivity contribution in [3.8, 4) is 11.5 Å². The van der Waals surface area contributed by atoms with Crippen molar-refractivity contribution in [2.75, 3.05) is 33.6 Å². The predicted molar refractivity (Wildman–Crippen MR) is 102 cm³/mol. The number of carbonyl (C=O) groups is 2. The Labute approximate surface area is 157 Å². The first-order chi connectivity index (χ1) is 12.9. The van der Waals surface area contributed by atoms with Crippen molar-refractivity contribution in [3.05, 3.63) is 59.4 Å². The Balaban J connectivity index is 2.34. The molecule has 0 heterocycles. The molecular weight excluding hydrogens is 351 g/mol. The number of hydrogen-bond acceptors (Lipinski definition) is 4. The highest BCUT2D eigenvalue weighted by Gasteiger charge is 2.19. The molecule has 27 heavy (non-hydrogen) atoms. The van der Waals surface area contributed by atoms with Crippen LogP contribution in [0.15, 0.2) is 42.5 Å². The van der Waals surface area contributed by atoms with E-state index in [1.807, 2.05) is 0 Å². The summed E-state index contributed by atoms with van der Waals surface area (Å²) in [4.78, 5) is 26.1. The van der Waals surface area contributed by atoms with Gasteiger partial charge in [-0.3, -0.25) is 9.59 Å². The van der Waals surface area contributed by atoms with Crippen molar-refractivity contribution < 1.29 is 23.5 Å². The van der Waals surface area contributed by atoms with Gasteiger partial charge in [0.2, 0.25) is 5.91 Å². The Morgan fingerprint density at radius 3 is 2.30 bits per heavy atom. The van der Waals surface area contributed by atoms with Crippen LogP contribution in [0.25, 0.3) is 6.08 Å². The summed E-state index contributed by atoms with van der Waals surface area (Å²) in [5, 5.41) is 2.63. The number of nitrogens with zero attached hydrogens (tertiary/aromatic N) is 1. The number of ether oxygens (including phenoxy) is 2. The Kier molecular flexibility index (Phi) is 6.54. The van der Waals surface area contributed by atoms with Crippen molar-refractivity contribution in [2.45, 2.75) is 0 Å². The number of carbonyl (C=O) groups excluding carboxylic acids is 2. The first-order valence-electron chi connectivity index (χ1n) is 8.08. The van der Waals surface area contributed by atoms with Crippen LogP contribution in [0, 0.1) is 5.82 Å². The highest BCUT2D eigenvalue weighted by molar-refractivity contribution is 6.08. The summed E-state index contributed by atoms with van der Waals surface area (Å²) in [7, 11) is 6.11. The number of methoxy groups -OCH3 is 2. The minimum absolute atomic E-state index is 0.241. The number of hydrogen-bond donors (Lipinski definition) is 1. The second-order valence-electron chi connectivity index (χ2n) is 5.80. The fourth-order valence-electron chi connectivity index (χ4n) is 2.35. The molecule has 0 bridgehead atoms. The van der Waals surface area contributed by atoms with Gasteiger partial charge in [-0.05, 0) is 18.2 Å². The maximum Gasteiger partial charge on any atom is 0.255 e. The molecule has 0 saturated carbocycles. The highest BCUT2D eigenvalue weighted by Crippen LogP contribution is 2.34. The number of rotatable bonds is 6. The number of halogens is 1. The van der Waals surface area contributed by atoms with Crippen LogP contribution in [0.4, 0.5) is 10.1 Å². The zero-order chi connectivity index (χ0) is 20.0. The molecular formula is C20H21FN2O4. The molecule has 0 fully saturated rings. The van der Waals surface area contributed by atoms with E-state index in [1.165, 1.54) is 49.5 Å². The van der Waals surface area contributed by atoms with Crippen LogP contribution in [0.2, 0.25) is 0 Å². The second kappa shape index (κ2) is 8.84. The van der Waals surface area contributed by atoms with Gasteiger partial charge in [0, 0.05) is 31.8 Å². The number of anilines is 1. The Hall–Kier alpha value is -3.35. The minimum Gasteiger partial charge on any atom is -0.493 e. The monoisotopic (exact) mass is 372 g/mol. The Bertz CT molecular complexity index is 878. The molecule has 2 rings (SSSR count). The number of amides is 2. The third-order valence-electron chi connectivity index (χ3n) is 3.74. The maximum atomic E-state index is 13.6. The molecule has 1 N–H and O–H groups in total. The quantitative estimate of drug-likeness (QED) is 0.791. The highest BCUT2D eigenvalue weighted by atomic mass is 19.1. The van der Waals surface area contributed by atoms with Gasteiger partial charge < -0.3 is 19.7 Å². The van der Waals surface area contributed by atoms with Crippen LogP contribution in [0.5, 0.6) is 11.5 Å². The molecule has 142 valence electrons. The number of nitrogens with one attached hydrogen (secondary N) is 1. The van der Waals surface area contributed by atoms with Crippen LogP contribution in [-0.4, -0.2) is 45.0 Å². The van der Waals surface area contributed by atoms with E-state index in [-0.39, 0.29) is 22.7 Å². The minimum atomic E-state index is -0.515. The van der Waals surface area contributed by atoms with Gasteiger partial charge in [-0.15, -0.1) is 0 Å². The Morgan fingerprint density at radius 2 is 1.70 bits per heavy atom. The van der Waals surface area contributed by atoms with E-state index in [4.69, 9.17) is 9.47 Å². The first kappa shape index (κ1) is 20.0. The summed E-state index contributed by atoms with van der Waals surface area (Å²) >= 11 is 0. The van der Waals surface area contributed by atoms with Gasteiger partial charge in [0.05, 0.1) is 25.5 Å². The predicted octanol–water partition coefficient (Wildman–Crippen LogP) is 3.20. The van der Waals surface area contributed by atoms with Crippen LogP contribution in [-0.2, 0) is 4.79 Å². The lowest BCUT2D eigenvalue weighted by Gasteiger charge is -2.17. The SMILES string of the molecule is COc1cc(NC(=O)/C=C/c2ccccc2F)c(C(=O)N(C)C)cc1OC. The zero-order valence-electron chi connectivity index (χ0n) is 15.6. The van der Waals surface area contributed by atoms with Gasteiger partial charge in [0.1, 0.15) is 5.82 Å². The molecule has 0 unspecified atom stereocenters. The molecule has 0 atom stereocenters. The summed E-state index contributed by atoms with van der Waals surface area (Å²) in [5.74, 6) is -0.539. The lowest BCUT2D eigenvalue weighted by Crippen LogP contribution is -2.24. The van der Waals surface area contributed by atoms with E-state index in [0.717, 1.165) is 0 Å². The lowest BCUT2D eigenvalue weighted by atomic mass is 10.1. The van der Waals surface area contributed by atoms with Crippen molar-refractivity contribution in [1.82, 2.24) is 4.90 Å². The number of benzene rings is 2. The van der Waals surface area contributed by atoms with E-state index in [9.17, 15) is 14.0 Å². The molecule has 6 nitrogen and oxygen atoms in total. The average molecular weight is 372 g/mol. The molecule has 0 aromatic heterocycles. The molecule has 7 heteroatoms.